The van der Waals surface area contributed by atoms with Crippen LogP contribution in [0.3, 0.4) is 0 Å². The quantitative estimate of drug-likeness (QED) is 0.469. The molecule has 2 N–H and O–H groups in total. The number of carbonyl (C=O) groups excluding carboxylic acids is 1. The summed E-state index contributed by atoms with van der Waals surface area (Å²) in [6, 6.07) is 11.3. The van der Waals surface area contributed by atoms with Crippen LogP contribution in [0.15, 0.2) is 41.4 Å². The van der Waals surface area contributed by atoms with Gasteiger partial charge in [0, 0.05) is 35.6 Å². The van der Waals surface area contributed by atoms with E-state index in [2.05, 4.69) is 15.7 Å². The van der Waals surface area contributed by atoms with Gasteiger partial charge >= 0.3 is 0 Å². The second-order valence-electron chi connectivity index (χ2n) is 8.25. The summed E-state index contributed by atoms with van der Waals surface area (Å²) in [5, 5.41) is 10.6. The maximum atomic E-state index is 13.0. The van der Waals surface area contributed by atoms with Crippen molar-refractivity contribution in [1.82, 2.24) is 15.1 Å². The van der Waals surface area contributed by atoms with Crippen LogP contribution in [0.1, 0.15) is 38.4 Å². The number of hydrogen-bond donors (Lipinski definition) is 2. The van der Waals surface area contributed by atoms with Crippen LogP contribution >= 0.6 is 0 Å². The lowest BCUT2D eigenvalue weighted by Gasteiger charge is -2.19. The first-order valence-corrected chi connectivity index (χ1v) is 10.9. The second kappa shape index (κ2) is 9.36. The van der Waals surface area contributed by atoms with Gasteiger partial charge in [0.2, 0.25) is 5.96 Å². The number of rotatable bonds is 4. The van der Waals surface area contributed by atoms with E-state index in [4.69, 9.17) is 14.5 Å². The van der Waals surface area contributed by atoms with E-state index in [9.17, 15) is 4.79 Å². The molecule has 172 valence electrons. The molecule has 0 aliphatic carbocycles. The van der Waals surface area contributed by atoms with Gasteiger partial charge in [-0.1, -0.05) is 17.2 Å². The van der Waals surface area contributed by atoms with Crippen LogP contribution < -0.4 is 20.1 Å². The van der Waals surface area contributed by atoms with Gasteiger partial charge in [-0.2, -0.15) is 5.10 Å². The van der Waals surface area contributed by atoms with Gasteiger partial charge in [-0.15, -0.1) is 0 Å². The molecule has 33 heavy (non-hydrogen) atoms. The highest BCUT2D eigenvalue weighted by Gasteiger charge is 2.15. The number of aliphatic imine (C=N–C) groups is 1. The number of ether oxygens (including phenoxy) is 2. The first-order chi connectivity index (χ1) is 15.8. The fourth-order valence-electron chi connectivity index (χ4n) is 3.86. The van der Waals surface area contributed by atoms with Crippen molar-refractivity contribution in [1.29, 1.82) is 0 Å². The number of carbonyl (C=O) groups is 1. The number of benzene rings is 2. The number of amides is 1. The van der Waals surface area contributed by atoms with Gasteiger partial charge < -0.3 is 14.8 Å². The van der Waals surface area contributed by atoms with Crippen LogP contribution in [-0.4, -0.2) is 34.9 Å². The number of nitrogens with one attached hydrogen (secondary N) is 2. The lowest BCUT2D eigenvalue weighted by molar-refractivity contribution is 0.0976. The average Bonchev–Trinajstić information content (AvgIpc) is 3.02. The summed E-state index contributed by atoms with van der Waals surface area (Å²) in [6.45, 7) is 9.32. The van der Waals surface area contributed by atoms with Gasteiger partial charge in [-0.3, -0.25) is 14.8 Å². The molecule has 0 spiro atoms. The fraction of sp³-hybridized carbons (Fsp3) is 0.320. The highest BCUT2D eigenvalue weighted by Crippen LogP contribution is 2.32. The van der Waals surface area contributed by atoms with Crippen molar-refractivity contribution < 1.29 is 14.3 Å². The van der Waals surface area contributed by atoms with Crippen LogP contribution in [0.25, 0.3) is 0 Å². The summed E-state index contributed by atoms with van der Waals surface area (Å²) < 4.78 is 13.1. The minimum Gasteiger partial charge on any atom is -0.486 e. The summed E-state index contributed by atoms with van der Waals surface area (Å²) in [4.78, 5) is 17.7. The lowest BCUT2D eigenvalue weighted by Crippen LogP contribution is -2.36. The number of aromatic nitrogens is 2. The third-order valence-electron chi connectivity index (χ3n) is 5.57. The molecule has 2 heterocycles. The van der Waals surface area contributed by atoms with Gasteiger partial charge in [0.25, 0.3) is 5.91 Å². The van der Waals surface area contributed by atoms with Crippen LogP contribution in [0.5, 0.6) is 11.5 Å². The van der Waals surface area contributed by atoms with E-state index < -0.39 is 0 Å². The van der Waals surface area contributed by atoms with Crippen molar-refractivity contribution in [3.8, 4) is 11.5 Å². The van der Waals surface area contributed by atoms with Crippen molar-refractivity contribution in [2.75, 3.05) is 18.5 Å². The highest BCUT2D eigenvalue weighted by molar-refractivity contribution is 6.10. The van der Waals surface area contributed by atoms with E-state index in [1.807, 2.05) is 75.8 Å². The summed E-state index contributed by atoms with van der Waals surface area (Å²) in [5.74, 6) is 1.47. The normalized spacial score (nSPS) is 13.1. The molecule has 3 aromatic rings. The minimum atomic E-state index is -0.231. The van der Waals surface area contributed by atoms with E-state index in [0.717, 1.165) is 33.8 Å². The Hall–Kier alpha value is -3.81. The number of fused-ring (bicyclic) bond motifs is 1. The minimum absolute atomic E-state index is 0.231. The van der Waals surface area contributed by atoms with Crippen LogP contribution in [-0.2, 0) is 13.6 Å². The van der Waals surface area contributed by atoms with Crippen LogP contribution in [0, 0.1) is 27.7 Å². The zero-order valence-corrected chi connectivity index (χ0v) is 19.7. The predicted octanol–water partition coefficient (Wildman–Crippen LogP) is 3.82. The molecule has 0 bridgehead atoms. The Kier molecular flexibility index (Phi) is 6.35. The molecule has 0 saturated heterocycles. The summed E-state index contributed by atoms with van der Waals surface area (Å²) >= 11 is 0. The van der Waals surface area contributed by atoms with Gasteiger partial charge in [0.15, 0.2) is 11.5 Å². The first-order valence-electron chi connectivity index (χ1n) is 10.9. The van der Waals surface area contributed by atoms with E-state index in [1.165, 1.54) is 0 Å². The largest absolute Gasteiger partial charge is 0.486 e. The summed E-state index contributed by atoms with van der Waals surface area (Å²) in [7, 11) is 1.91. The molecule has 1 aliphatic rings. The maximum Gasteiger partial charge on any atom is 0.257 e. The predicted molar refractivity (Wildman–Crippen MR) is 128 cm³/mol. The number of hydrogen-bond acceptors (Lipinski definition) is 5. The SMILES string of the molecule is Cc1cc(C)cc(C(=O)NC(=NCc2c(C)nn(C)c2C)Nc2ccc3c(c2)OCCO3)c1. The molecule has 0 atom stereocenters. The summed E-state index contributed by atoms with van der Waals surface area (Å²) in [6.07, 6.45) is 0. The molecule has 2 aromatic carbocycles. The Balaban J connectivity index is 1.61. The molecular weight excluding hydrogens is 418 g/mol. The zero-order valence-electron chi connectivity index (χ0n) is 19.7. The monoisotopic (exact) mass is 447 g/mol. The molecule has 8 heteroatoms. The van der Waals surface area contributed by atoms with Crippen LogP contribution in [0.2, 0.25) is 0 Å². The van der Waals surface area contributed by atoms with Crippen molar-refractivity contribution in [3.05, 3.63) is 70.0 Å². The standard InChI is InChI=1S/C25H29N5O3/c1-15-10-16(2)12-19(11-15)24(31)28-25(26-14-21-17(3)29-30(5)18(21)4)27-20-6-7-22-23(13-20)33-9-8-32-22/h6-7,10-13H,8-9,14H2,1-5H3,(H2,26,27,28,31). The first kappa shape index (κ1) is 22.4. The number of anilines is 1. The van der Waals surface area contributed by atoms with Crippen molar-refractivity contribution in [2.45, 2.75) is 34.2 Å². The van der Waals surface area contributed by atoms with Crippen LogP contribution in [0.4, 0.5) is 5.69 Å². The Morgan fingerprint density at radius 1 is 1.03 bits per heavy atom. The van der Waals surface area contributed by atoms with Crippen molar-refractivity contribution in [3.63, 3.8) is 0 Å². The Labute approximate surface area is 193 Å². The topological polar surface area (TPSA) is 89.8 Å². The van der Waals surface area contributed by atoms with Gasteiger partial charge in [0.05, 0.1) is 12.2 Å². The van der Waals surface area contributed by atoms with Crippen molar-refractivity contribution >= 4 is 17.6 Å². The number of aryl methyl sites for hydroxylation is 4. The fourth-order valence-corrected chi connectivity index (χ4v) is 3.86. The number of guanidine groups is 1. The van der Waals surface area contributed by atoms with Crippen molar-refractivity contribution in [2.24, 2.45) is 12.0 Å². The molecule has 0 saturated carbocycles. The third-order valence-corrected chi connectivity index (χ3v) is 5.57. The van der Waals surface area contributed by atoms with Gasteiger partial charge in [-0.25, -0.2) is 4.99 Å². The molecule has 8 nitrogen and oxygen atoms in total. The van der Waals surface area contributed by atoms with Gasteiger partial charge in [0.1, 0.15) is 13.2 Å². The third kappa shape index (κ3) is 5.16. The Morgan fingerprint density at radius 2 is 1.73 bits per heavy atom. The molecule has 4 rings (SSSR count). The molecule has 0 radical (unpaired) electrons. The smallest absolute Gasteiger partial charge is 0.257 e. The maximum absolute atomic E-state index is 13.0. The lowest BCUT2D eigenvalue weighted by atomic mass is 10.1. The highest BCUT2D eigenvalue weighted by atomic mass is 16.6. The molecule has 1 amide bonds. The second-order valence-corrected chi connectivity index (χ2v) is 8.25. The average molecular weight is 448 g/mol. The van der Waals surface area contributed by atoms with E-state index >= 15 is 0 Å². The molecule has 1 aromatic heterocycles. The molecule has 0 fully saturated rings. The Bertz CT molecular complexity index is 1210. The molecule has 0 unspecified atom stereocenters. The number of nitrogens with zero attached hydrogens (tertiary/aromatic N) is 3. The molecular formula is C25H29N5O3. The Morgan fingerprint density at radius 3 is 2.39 bits per heavy atom. The summed E-state index contributed by atoms with van der Waals surface area (Å²) in [5.41, 5.74) is 6.35. The van der Waals surface area contributed by atoms with E-state index in [1.54, 1.807) is 0 Å². The van der Waals surface area contributed by atoms with Gasteiger partial charge in [-0.05, 0) is 52.0 Å². The zero-order chi connectivity index (χ0) is 23.5. The van der Waals surface area contributed by atoms with E-state index in [-0.39, 0.29) is 5.91 Å². The molecule has 1 aliphatic heterocycles. The van der Waals surface area contributed by atoms with E-state index in [0.29, 0.717) is 42.8 Å².